The number of ether oxygens (including phenoxy) is 1. The topological polar surface area (TPSA) is 69.2 Å². The summed E-state index contributed by atoms with van der Waals surface area (Å²) >= 11 is 0. The van der Waals surface area contributed by atoms with Gasteiger partial charge in [-0.2, -0.15) is 0 Å². The summed E-state index contributed by atoms with van der Waals surface area (Å²) in [5, 5.41) is 0. The summed E-state index contributed by atoms with van der Waals surface area (Å²) in [6.45, 7) is 5.09. The number of para-hydroxylation sites is 2. The molecule has 4 rings (SSSR count). The van der Waals surface area contributed by atoms with E-state index in [9.17, 15) is 9.59 Å². The first kappa shape index (κ1) is 20.2. The van der Waals surface area contributed by atoms with Crippen LogP contribution >= 0.6 is 0 Å². The molecule has 1 aromatic heterocycles. The Morgan fingerprint density at radius 3 is 2.47 bits per heavy atom. The largest absolute Gasteiger partial charge is 0.495 e. The summed E-state index contributed by atoms with van der Waals surface area (Å²) in [6.07, 6.45) is 3.60. The average Bonchev–Trinajstić information content (AvgIpc) is 3.14. The summed E-state index contributed by atoms with van der Waals surface area (Å²) in [4.78, 5) is 37.2. The molecule has 0 bridgehead atoms. The molecule has 0 N–H and O–H groups in total. The second-order valence-electron chi connectivity index (χ2n) is 7.54. The smallest absolute Gasteiger partial charge is 0.325 e. The molecule has 0 saturated carbocycles. The van der Waals surface area contributed by atoms with Crippen LogP contribution in [0.5, 0.6) is 5.75 Å². The predicted octanol–water partition coefficient (Wildman–Crippen LogP) is 1.68. The highest BCUT2D eigenvalue weighted by Gasteiger charge is 2.33. The fourth-order valence-corrected chi connectivity index (χ4v) is 3.97. The van der Waals surface area contributed by atoms with Crippen molar-refractivity contribution in [3.05, 3.63) is 54.4 Å². The van der Waals surface area contributed by atoms with Crippen molar-refractivity contribution in [2.45, 2.75) is 6.54 Å². The van der Waals surface area contributed by atoms with Crippen molar-refractivity contribution >= 4 is 17.6 Å². The number of hydrogen-bond donors (Lipinski definition) is 0. The van der Waals surface area contributed by atoms with Crippen LogP contribution in [0.4, 0.5) is 10.5 Å². The first-order chi connectivity index (χ1) is 14.7. The van der Waals surface area contributed by atoms with Crippen molar-refractivity contribution < 1.29 is 14.3 Å². The summed E-state index contributed by atoms with van der Waals surface area (Å²) in [6, 6.07) is 11.3. The maximum atomic E-state index is 12.9. The molecule has 0 spiro atoms. The second kappa shape index (κ2) is 9.13. The Hall–Kier alpha value is -3.13. The standard InChI is InChI=1S/C22H27N5O3/c1-30-20-5-3-2-4-19(20)27-15-14-26(22(27)29)17-21(28)25-12-10-24(11-13-25)16-18-6-8-23-9-7-18/h2-9H,10-17H2,1H3. The fraction of sp³-hybridized carbons (Fsp3) is 0.409. The lowest BCUT2D eigenvalue weighted by Crippen LogP contribution is -2.51. The number of anilines is 1. The Labute approximate surface area is 176 Å². The van der Waals surface area contributed by atoms with E-state index in [0.717, 1.165) is 25.3 Å². The number of hydrogen-bond acceptors (Lipinski definition) is 5. The number of benzene rings is 1. The molecule has 2 aromatic rings. The van der Waals surface area contributed by atoms with Gasteiger partial charge < -0.3 is 14.5 Å². The molecule has 30 heavy (non-hydrogen) atoms. The van der Waals surface area contributed by atoms with E-state index in [4.69, 9.17) is 4.74 Å². The number of urea groups is 1. The molecular formula is C22H27N5O3. The molecule has 0 radical (unpaired) electrons. The van der Waals surface area contributed by atoms with Gasteiger partial charge in [0.25, 0.3) is 0 Å². The highest BCUT2D eigenvalue weighted by atomic mass is 16.5. The summed E-state index contributed by atoms with van der Waals surface area (Å²) < 4.78 is 5.37. The van der Waals surface area contributed by atoms with Crippen molar-refractivity contribution in [1.29, 1.82) is 0 Å². The summed E-state index contributed by atoms with van der Waals surface area (Å²) in [5.74, 6) is 0.665. The molecule has 8 heteroatoms. The van der Waals surface area contributed by atoms with E-state index in [0.29, 0.717) is 31.9 Å². The number of methoxy groups -OCH3 is 1. The maximum Gasteiger partial charge on any atom is 0.325 e. The van der Waals surface area contributed by atoms with Crippen LogP contribution in [0.2, 0.25) is 0 Å². The van der Waals surface area contributed by atoms with Crippen molar-refractivity contribution in [2.24, 2.45) is 0 Å². The van der Waals surface area contributed by atoms with E-state index < -0.39 is 0 Å². The minimum Gasteiger partial charge on any atom is -0.495 e. The first-order valence-corrected chi connectivity index (χ1v) is 10.2. The number of nitrogens with zero attached hydrogens (tertiary/aromatic N) is 5. The van der Waals surface area contributed by atoms with Crippen molar-refractivity contribution in [3.8, 4) is 5.75 Å². The van der Waals surface area contributed by atoms with Crippen LogP contribution in [0.3, 0.4) is 0 Å². The average molecular weight is 409 g/mol. The molecular weight excluding hydrogens is 382 g/mol. The molecule has 0 atom stereocenters. The van der Waals surface area contributed by atoms with E-state index >= 15 is 0 Å². The van der Waals surface area contributed by atoms with Gasteiger partial charge in [0.1, 0.15) is 12.3 Å². The molecule has 0 unspecified atom stereocenters. The summed E-state index contributed by atoms with van der Waals surface area (Å²) in [5.41, 5.74) is 1.97. The highest BCUT2D eigenvalue weighted by Crippen LogP contribution is 2.30. The van der Waals surface area contributed by atoms with Crippen LogP contribution in [-0.4, -0.2) is 84.5 Å². The van der Waals surface area contributed by atoms with Crippen LogP contribution in [-0.2, 0) is 11.3 Å². The Balaban J connectivity index is 1.29. The van der Waals surface area contributed by atoms with Crippen molar-refractivity contribution in [3.63, 3.8) is 0 Å². The quantitative estimate of drug-likeness (QED) is 0.726. The molecule has 1 aromatic carbocycles. The zero-order chi connectivity index (χ0) is 20.9. The van der Waals surface area contributed by atoms with Crippen LogP contribution < -0.4 is 9.64 Å². The molecule has 0 aliphatic carbocycles. The van der Waals surface area contributed by atoms with Crippen LogP contribution in [0.1, 0.15) is 5.56 Å². The lowest BCUT2D eigenvalue weighted by Gasteiger charge is -2.35. The molecule has 2 aliphatic rings. The van der Waals surface area contributed by atoms with Gasteiger partial charge in [-0.05, 0) is 29.8 Å². The predicted molar refractivity (Wildman–Crippen MR) is 113 cm³/mol. The molecule has 8 nitrogen and oxygen atoms in total. The normalized spacial score (nSPS) is 17.5. The van der Waals surface area contributed by atoms with E-state index in [2.05, 4.69) is 9.88 Å². The first-order valence-electron chi connectivity index (χ1n) is 10.2. The number of carbonyl (C=O) groups is 2. The fourth-order valence-electron chi connectivity index (χ4n) is 3.97. The minimum atomic E-state index is -0.149. The Bertz CT molecular complexity index is 883. The lowest BCUT2D eigenvalue weighted by atomic mass is 10.2. The number of rotatable bonds is 6. The van der Waals surface area contributed by atoms with Gasteiger partial charge in [0.05, 0.1) is 12.8 Å². The van der Waals surface area contributed by atoms with E-state index in [1.807, 2.05) is 41.3 Å². The second-order valence-corrected chi connectivity index (χ2v) is 7.54. The SMILES string of the molecule is COc1ccccc1N1CCN(CC(=O)N2CCN(Cc3ccncc3)CC2)C1=O. The number of pyridine rings is 1. The van der Waals surface area contributed by atoms with Crippen molar-refractivity contribution in [1.82, 2.24) is 19.7 Å². The Kier molecular flexibility index (Phi) is 6.13. The van der Waals surface area contributed by atoms with Gasteiger partial charge in [-0.3, -0.25) is 19.6 Å². The van der Waals surface area contributed by atoms with E-state index in [-0.39, 0.29) is 18.5 Å². The lowest BCUT2D eigenvalue weighted by molar-refractivity contribution is -0.133. The van der Waals surface area contributed by atoms with Crippen LogP contribution in [0.25, 0.3) is 0 Å². The third kappa shape index (κ3) is 4.38. The van der Waals surface area contributed by atoms with Gasteiger partial charge in [-0.1, -0.05) is 12.1 Å². The molecule has 158 valence electrons. The number of piperazine rings is 1. The molecule has 2 fully saturated rings. The number of amides is 3. The monoisotopic (exact) mass is 409 g/mol. The molecule has 3 amide bonds. The Morgan fingerprint density at radius 2 is 1.73 bits per heavy atom. The van der Waals surface area contributed by atoms with Gasteiger partial charge in [-0.15, -0.1) is 0 Å². The van der Waals surface area contributed by atoms with Crippen LogP contribution in [0.15, 0.2) is 48.8 Å². The van der Waals surface area contributed by atoms with Gasteiger partial charge in [0.15, 0.2) is 0 Å². The van der Waals surface area contributed by atoms with Crippen molar-refractivity contribution in [2.75, 3.05) is 57.8 Å². The van der Waals surface area contributed by atoms with E-state index in [1.54, 1.807) is 29.3 Å². The third-order valence-corrected chi connectivity index (χ3v) is 5.68. The van der Waals surface area contributed by atoms with Gasteiger partial charge in [0, 0.05) is 58.2 Å². The van der Waals surface area contributed by atoms with Gasteiger partial charge in [-0.25, -0.2) is 4.79 Å². The Morgan fingerprint density at radius 1 is 1.00 bits per heavy atom. The zero-order valence-electron chi connectivity index (χ0n) is 17.2. The number of carbonyl (C=O) groups excluding carboxylic acids is 2. The van der Waals surface area contributed by atoms with E-state index in [1.165, 1.54) is 5.56 Å². The van der Waals surface area contributed by atoms with Crippen LogP contribution in [0, 0.1) is 0 Å². The van der Waals surface area contributed by atoms with Gasteiger partial charge in [0.2, 0.25) is 5.91 Å². The minimum absolute atomic E-state index is 0.00814. The highest BCUT2D eigenvalue weighted by molar-refractivity contribution is 5.97. The summed E-state index contributed by atoms with van der Waals surface area (Å²) in [7, 11) is 1.59. The molecule has 2 saturated heterocycles. The van der Waals surface area contributed by atoms with Gasteiger partial charge >= 0.3 is 6.03 Å². The third-order valence-electron chi connectivity index (χ3n) is 5.68. The molecule has 2 aliphatic heterocycles. The molecule has 3 heterocycles. The number of aromatic nitrogens is 1. The maximum absolute atomic E-state index is 12.9. The zero-order valence-corrected chi connectivity index (χ0v) is 17.2.